The van der Waals surface area contributed by atoms with Gasteiger partial charge in [0.25, 0.3) is 0 Å². The SMILES string of the molecule is C\C=C/C=c1/c2c(n(CCO)/c1=C/C)CN1CCCC1C2. The second-order valence-corrected chi connectivity index (χ2v) is 6.05. The van der Waals surface area contributed by atoms with Crippen LogP contribution >= 0.6 is 0 Å². The number of hydrogen-bond acceptors (Lipinski definition) is 2. The van der Waals surface area contributed by atoms with Gasteiger partial charge in [-0.25, -0.2) is 0 Å². The van der Waals surface area contributed by atoms with E-state index >= 15 is 0 Å². The molecule has 0 spiro atoms. The number of allylic oxidation sites excluding steroid dienone is 2. The van der Waals surface area contributed by atoms with E-state index in [9.17, 15) is 5.11 Å². The third-order valence-corrected chi connectivity index (χ3v) is 4.91. The van der Waals surface area contributed by atoms with E-state index in [0.717, 1.165) is 19.0 Å². The first-order valence-corrected chi connectivity index (χ1v) is 8.14. The van der Waals surface area contributed by atoms with Crippen molar-refractivity contribution < 1.29 is 5.11 Å². The molecule has 0 amide bonds. The van der Waals surface area contributed by atoms with Crippen molar-refractivity contribution in [3.05, 3.63) is 34.0 Å². The lowest BCUT2D eigenvalue weighted by Gasteiger charge is -2.30. The maximum absolute atomic E-state index is 9.44. The smallest absolute Gasteiger partial charge is 0.0610 e. The van der Waals surface area contributed by atoms with E-state index < -0.39 is 0 Å². The number of nitrogens with zero attached hydrogens (tertiary/aromatic N) is 2. The Bertz CT molecular complexity index is 654. The maximum Gasteiger partial charge on any atom is 0.0610 e. The van der Waals surface area contributed by atoms with Crippen molar-refractivity contribution in [2.75, 3.05) is 13.2 Å². The van der Waals surface area contributed by atoms with Crippen molar-refractivity contribution in [3.63, 3.8) is 0 Å². The van der Waals surface area contributed by atoms with E-state index in [2.05, 4.69) is 47.6 Å². The van der Waals surface area contributed by atoms with E-state index in [-0.39, 0.29) is 6.61 Å². The number of fused-ring (bicyclic) bond motifs is 2. The largest absolute Gasteiger partial charge is 0.395 e. The van der Waals surface area contributed by atoms with Crippen molar-refractivity contribution in [2.24, 2.45) is 0 Å². The fourth-order valence-corrected chi connectivity index (χ4v) is 3.98. The molecule has 0 aliphatic carbocycles. The molecule has 3 rings (SSSR count). The summed E-state index contributed by atoms with van der Waals surface area (Å²) >= 11 is 0. The van der Waals surface area contributed by atoms with E-state index in [0.29, 0.717) is 6.54 Å². The number of rotatable bonds is 3. The van der Waals surface area contributed by atoms with Crippen LogP contribution in [-0.2, 0) is 19.5 Å². The van der Waals surface area contributed by atoms with Crippen LogP contribution in [0.15, 0.2) is 12.2 Å². The van der Waals surface area contributed by atoms with Crippen LogP contribution in [0, 0.1) is 0 Å². The molecule has 1 saturated heterocycles. The molecule has 0 aromatic carbocycles. The van der Waals surface area contributed by atoms with Gasteiger partial charge in [-0.3, -0.25) is 4.90 Å². The highest BCUT2D eigenvalue weighted by Gasteiger charge is 2.32. The summed E-state index contributed by atoms with van der Waals surface area (Å²) in [5.41, 5.74) is 2.93. The summed E-state index contributed by atoms with van der Waals surface area (Å²) < 4.78 is 2.33. The third kappa shape index (κ3) is 2.49. The van der Waals surface area contributed by atoms with Gasteiger partial charge in [0.2, 0.25) is 0 Å². The number of hydrogen-bond donors (Lipinski definition) is 1. The lowest BCUT2D eigenvalue weighted by atomic mass is 9.98. The van der Waals surface area contributed by atoms with Gasteiger partial charge in [-0.2, -0.15) is 0 Å². The zero-order valence-electron chi connectivity index (χ0n) is 13.2. The van der Waals surface area contributed by atoms with Crippen LogP contribution in [0.1, 0.15) is 37.9 Å². The number of aromatic nitrogens is 1. The standard InChI is InChI=1S/C18H26N2O/c1-3-5-8-15-16-12-14-7-6-9-19(14)13-18(16)20(10-11-21)17(15)4-2/h3-5,8,14,21H,6-7,9-13H2,1-2H3/b5-3-,15-8-,17-4+. The average Bonchev–Trinajstić information content (AvgIpc) is 3.06. The van der Waals surface area contributed by atoms with Gasteiger partial charge in [-0.1, -0.05) is 24.3 Å². The van der Waals surface area contributed by atoms with Crippen molar-refractivity contribution in [1.29, 1.82) is 0 Å². The summed E-state index contributed by atoms with van der Waals surface area (Å²) in [7, 11) is 0. The molecule has 0 radical (unpaired) electrons. The molecule has 21 heavy (non-hydrogen) atoms. The summed E-state index contributed by atoms with van der Waals surface area (Å²) in [5.74, 6) is 0. The molecule has 1 aromatic heterocycles. The van der Waals surface area contributed by atoms with Crippen molar-refractivity contribution in [1.82, 2.24) is 9.47 Å². The molecule has 0 bridgehead atoms. The lowest BCUT2D eigenvalue weighted by molar-refractivity contribution is 0.215. The van der Waals surface area contributed by atoms with Gasteiger partial charge in [0.05, 0.1) is 6.61 Å². The van der Waals surface area contributed by atoms with Crippen LogP contribution in [0.5, 0.6) is 0 Å². The second kappa shape index (κ2) is 6.20. The molecular formula is C18H26N2O. The molecule has 3 nitrogen and oxygen atoms in total. The maximum atomic E-state index is 9.44. The Labute approximate surface area is 126 Å². The Morgan fingerprint density at radius 2 is 2.19 bits per heavy atom. The van der Waals surface area contributed by atoms with Gasteiger partial charge in [0.15, 0.2) is 0 Å². The van der Waals surface area contributed by atoms with Crippen LogP contribution in [0.3, 0.4) is 0 Å². The molecule has 1 fully saturated rings. The summed E-state index contributed by atoms with van der Waals surface area (Å²) in [6, 6.07) is 0.727. The van der Waals surface area contributed by atoms with Gasteiger partial charge in [-0.05, 0) is 45.2 Å². The van der Waals surface area contributed by atoms with Gasteiger partial charge in [0, 0.05) is 35.4 Å². The van der Waals surface area contributed by atoms with Gasteiger partial charge in [0.1, 0.15) is 0 Å². The topological polar surface area (TPSA) is 28.4 Å². The van der Waals surface area contributed by atoms with E-state index in [1.165, 1.54) is 41.2 Å². The quantitative estimate of drug-likeness (QED) is 0.903. The molecule has 1 unspecified atom stereocenters. The van der Waals surface area contributed by atoms with Crippen molar-refractivity contribution in [2.45, 2.75) is 52.2 Å². The van der Waals surface area contributed by atoms with Crippen LogP contribution in [0.4, 0.5) is 0 Å². The molecule has 1 N–H and O–H groups in total. The molecule has 0 saturated carbocycles. The highest BCUT2D eigenvalue weighted by atomic mass is 16.3. The summed E-state index contributed by atoms with van der Waals surface area (Å²) in [4.78, 5) is 2.62. The van der Waals surface area contributed by atoms with E-state index in [1.807, 2.05) is 0 Å². The molecule has 2 aliphatic rings. The second-order valence-electron chi connectivity index (χ2n) is 6.05. The fraction of sp³-hybridized carbons (Fsp3) is 0.556. The van der Waals surface area contributed by atoms with Gasteiger partial charge in [-0.15, -0.1) is 0 Å². The summed E-state index contributed by atoms with van der Waals surface area (Å²) in [5, 5.41) is 12.1. The molecule has 2 aliphatic heterocycles. The predicted molar refractivity (Wildman–Crippen MR) is 87.3 cm³/mol. The van der Waals surface area contributed by atoms with Gasteiger partial charge >= 0.3 is 0 Å². The zero-order valence-corrected chi connectivity index (χ0v) is 13.2. The summed E-state index contributed by atoms with van der Waals surface area (Å²) in [6.45, 7) is 7.33. The van der Waals surface area contributed by atoms with Crippen LogP contribution in [0.2, 0.25) is 0 Å². The molecular weight excluding hydrogens is 260 g/mol. The lowest BCUT2D eigenvalue weighted by Crippen LogP contribution is -2.37. The predicted octanol–water partition coefficient (Wildman–Crippen LogP) is 1.16. The normalized spacial score (nSPS) is 24.0. The van der Waals surface area contributed by atoms with Crippen molar-refractivity contribution in [3.8, 4) is 0 Å². The molecule has 114 valence electrons. The molecule has 1 aromatic rings. The summed E-state index contributed by atoms with van der Waals surface area (Å²) in [6.07, 6.45) is 12.5. The molecule has 3 heteroatoms. The number of aliphatic hydroxyl groups excluding tert-OH is 1. The highest BCUT2D eigenvalue weighted by Crippen LogP contribution is 2.28. The minimum absolute atomic E-state index is 0.203. The Balaban J connectivity index is 2.19. The molecule has 3 heterocycles. The third-order valence-electron chi connectivity index (χ3n) is 4.91. The molecule has 1 atom stereocenters. The van der Waals surface area contributed by atoms with E-state index in [4.69, 9.17) is 0 Å². The van der Waals surface area contributed by atoms with Crippen LogP contribution < -0.4 is 10.6 Å². The first-order chi connectivity index (χ1) is 10.3. The first kappa shape index (κ1) is 14.6. The first-order valence-electron chi connectivity index (χ1n) is 8.14. The monoisotopic (exact) mass is 286 g/mol. The van der Waals surface area contributed by atoms with Gasteiger partial charge < -0.3 is 9.67 Å². The minimum atomic E-state index is 0.203. The van der Waals surface area contributed by atoms with E-state index in [1.54, 1.807) is 0 Å². The highest BCUT2D eigenvalue weighted by molar-refractivity contribution is 5.45. The average molecular weight is 286 g/mol. The Hall–Kier alpha value is -1.32. The Morgan fingerprint density at radius 3 is 2.90 bits per heavy atom. The van der Waals surface area contributed by atoms with Crippen LogP contribution in [0.25, 0.3) is 12.2 Å². The number of aliphatic hydroxyl groups is 1. The minimum Gasteiger partial charge on any atom is -0.395 e. The Morgan fingerprint density at radius 1 is 1.33 bits per heavy atom. The van der Waals surface area contributed by atoms with Crippen LogP contribution in [-0.4, -0.2) is 33.8 Å². The van der Waals surface area contributed by atoms with Crippen molar-refractivity contribution >= 4 is 12.2 Å². The fourth-order valence-electron chi connectivity index (χ4n) is 3.98. The Kier molecular flexibility index (Phi) is 4.32. The zero-order chi connectivity index (χ0) is 14.8.